The predicted molar refractivity (Wildman–Crippen MR) is 62.9 cm³/mol. The van der Waals surface area contributed by atoms with E-state index in [0.29, 0.717) is 24.3 Å². The summed E-state index contributed by atoms with van der Waals surface area (Å²) < 4.78 is 13.8. The van der Waals surface area contributed by atoms with Crippen LogP contribution in [0.4, 0.5) is 10.1 Å². The molecule has 0 radical (unpaired) electrons. The molecular formula is C13H15FN2O. The van der Waals surface area contributed by atoms with Gasteiger partial charge in [-0.15, -0.1) is 0 Å². The van der Waals surface area contributed by atoms with Gasteiger partial charge in [-0.05, 0) is 18.9 Å². The first kappa shape index (κ1) is 11.9. The van der Waals surface area contributed by atoms with Gasteiger partial charge in [0, 0.05) is 24.6 Å². The molecule has 1 aromatic rings. The van der Waals surface area contributed by atoms with E-state index in [9.17, 15) is 9.50 Å². The largest absolute Gasteiger partial charge is 0.392 e. The van der Waals surface area contributed by atoms with Crippen LogP contribution in [0, 0.1) is 23.1 Å². The minimum Gasteiger partial charge on any atom is -0.392 e. The first-order chi connectivity index (χ1) is 8.26. The Hall–Kier alpha value is -1.60. The van der Waals surface area contributed by atoms with Crippen LogP contribution >= 0.6 is 0 Å². The van der Waals surface area contributed by atoms with Crippen LogP contribution < -0.4 is 4.90 Å². The van der Waals surface area contributed by atoms with E-state index >= 15 is 0 Å². The van der Waals surface area contributed by atoms with E-state index in [0.717, 1.165) is 12.8 Å². The summed E-state index contributed by atoms with van der Waals surface area (Å²) >= 11 is 0. The van der Waals surface area contributed by atoms with Crippen LogP contribution in [0.1, 0.15) is 18.4 Å². The van der Waals surface area contributed by atoms with Gasteiger partial charge >= 0.3 is 0 Å². The molecule has 3 nitrogen and oxygen atoms in total. The zero-order valence-electron chi connectivity index (χ0n) is 9.56. The minimum atomic E-state index is -0.299. The van der Waals surface area contributed by atoms with Crippen LogP contribution in [0.2, 0.25) is 0 Å². The maximum absolute atomic E-state index is 13.8. The number of benzene rings is 1. The van der Waals surface area contributed by atoms with Crippen molar-refractivity contribution in [3.8, 4) is 6.07 Å². The molecule has 0 unspecified atom stereocenters. The van der Waals surface area contributed by atoms with Gasteiger partial charge in [-0.25, -0.2) is 4.39 Å². The standard InChI is InChI=1S/C13H15FN2O/c14-12-3-1-2-11(9-17)13(12)16-6-4-10(8-15)5-7-16/h1-3,10,17H,4-7,9H2. The molecule has 0 amide bonds. The van der Waals surface area contributed by atoms with E-state index in [2.05, 4.69) is 6.07 Å². The topological polar surface area (TPSA) is 47.3 Å². The van der Waals surface area contributed by atoms with Crippen LogP contribution in [0.3, 0.4) is 0 Å². The van der Waals surface area contributed by atoms with Crippen molar-refractivity contribution < 1.29 is 9.50 Å². The van der Waals surface area contributed by atoms with Crippen molar-refractivity contribution in [1.82, 2.24) is 0 Å². The van der Waals surface area contributed by atoms with Crippen molar-refractivity contribution in [1.29, 1.82) is 5.26 Å². The number of nitriles is 1. The Labute approximate surface area is 100 Å². The van der Waals surface area contributed by atoms with E-state index in [1.165, 1.54) is 6.07 Å². The minimum absolute atomic E-state index is 0.0793. The first-order valence-corrected chi connectivity index (χ1v) is 5.79. The van der Waals surface area contributed by atoms with Gasteiger partial charge in [0.1, 0.15) is 5.82 Å². The highest BCUT2D eigenvalue weighted by molar-refractivity contribution is 5.55. The number of halogens is 1. The van der Waals surface area contributed by atoms with Crippen molar-refractivity contribution in [2.45, 2.75) is 19.4 Å². The molecule has 0 aromatic heterocycles. The molecule has 2 rings (SSSR count). The number of aliphatic hydroxyl groups is 1. The summed E-state index contributed by atoms with van der Waals surface area (Å²) in [6, 6.07) is 6.99. The Kier molecular flexibility index (Phi) is 3.60. The molecule has 1 heterocycles. The van der Waals surface area contributed by atoms with Crippen LogP contribution in [-0.2, 0) is 6.61 Å². The second kappa shape index (κ2) is 5.15. The number of anilines is 1. The lowest BCUT2D eigenvalue weighted by atomic mass is 9.97. The van der Waals surface area contributed by atoms with Gasteiger partial charge < -0.3 is 10.0 Å². The fraction of sp³-hybridized carbons (Fsp3) is 0.462. The van der Waals surface area contributed by atoms with E-state index in [-0.39, 0.29) is 18.3 Å². The molecule has 1 aliphatic rings. The maximum Gasteiger partial charge on any atom is 0.146 e. The average molecular weight is 234 g/mol. The van der Waals surface area contributed by atoms with E-state index in [1.807, 2.05) is 4.90 Å². The Morgan fingerprint density at radius 2 is 2.12 bits per heavy atom. The van der Waals surface area contributed by atoms with E-state index in [4.69, 9.17) is 5.26 Å². The third-order valence-electron chi connectivity index (χ3n) is 3.23. The molecular weight excluding hydrogens is 219 g/mol. The Balaban J connectivity index is 2.21. The number of aliphatic hydroxyl groups excluding tert-OH is 1. The lowest BCUT2D eigenvalue weighted by Crippen LogP contribution is -2.34. The van der Waals surface area contributed by atoms with Crippen molar-refractivity contribution in [3.63, 3.8) is 0 Å². The highest BCUT2D eigenvalue weighted by Crippen LogP contribution is 2.28. The monoisotopic (exact) mass is 234 g/mol. The SMILES string of the molecule is N#CC1CCN(c2c(F)cccc2CO)CC1. The summed E-state index contributed by atoms with van der Waals surface area (Å²) in [6.45, 7) is 1.18. The lowest BCUT2D eigenvalue weighted by molar-refractivity contribution is 0.281. The van der Waals surface area contributed by atoms with Gasteiger partial charge in [-0.3, -0.25) is 0 Å². The maximum atomic E-state index is 13.8. The molecule has 0 saturated carbocycles. The molecule has 0 bridgehead atoms. The summed E-state index contributed by atoms with van der Waals surface area (Å²) in [7, 11) is 0. The predicted octanol–water partition coefficient (Wildman–Crippen LogP) is 2.06. The van der Waals surface area contributed by atoms with Crippen molar-refractivity contribution in [2.24, 2.45) is 5.92 Å². The zero-order valence-corrected chi connectivity index (χ0v) is 9.56. The van der Waals surface area contributed by atoms with Gasteiger partial charge in [0.2, 0.25) is 0 Å². The molecule has 0 atom stereocenters. The number of hydrogen-bond donors (Lipinski definition) is 1. The van der Waals surface area contributed by atoms with Crippen molar-refractivity contribution in [3.05, 3.63) is 29.6 Å². The number of hydrogen-bond acceptors (Lipinski definition) is 3. The van der Waals surface area contributed by atoms with Gasteiger partial charge in [0.15, 0.2) is 0 Å². The molecule has 1 saturated heterocycles. The van der Waals surface area contributed by atoms with Crippen LogP contribution in [0.5, 0.6) is 0 Å². The van der Waals surface area contributed by atoms with Gasteiger partial charge in [0.05, 0.1) is 18.4 Å². The van der Waals surface area contributed by atoms with Crippen LogP contribution in [0.15, 0.2) is 18.2 Å². The van der Waals surface area contributed by atoms with Gasteiger partial charge in [0.25, 0.3) is 0 Å². The Morgan fingerprint density at radius 1 is 1.41 bits per heavy atom. The molecule has 0 aliphatic carbocycles. The number of piperidine rings is 1. The third-order valence-corrected chi connectivity index (χ3v) is 3.23. The van der Waals surface area contributed by atoms with Gasteiger partial charge in [-0.1, -0.05) is 12.1 Å². The Morgan fingerprint density at radius 3 is 2.71 bits per heavy atom. The molecule has 90 valence electrons. The highest BCUT2D eigenvalue weighted by Gasteiger charge is 2.22. The molecule has 1 aliphatic heterocycles. The molecule has 1 aromatic carbocycles. The van der Waals surface area contributed by atoms with Crippen molar-refractivity contribution >= 4 is 5.69 Å². The number of para-hydroxylation sites is 1. The normalized spacial score (nSPS) is 16.9. The molecule has 1 N–H and O–H groups in total. The summed E-state index contributed by atoms with van der Waals surface area (Å²) in [5.41, 5.74) is 1.10. The molecule has 17 heavy (non-hydrogen) atoms. The molecule has 0 spiro atoms. The average Bonchev–Trinajstić information content (AvgIpc) is 2.38. The summed E-state index contributed by atoms with van der Waals surface area (Å²) in [4.78, 5) is 1.93. The number of rotatable bonds is 2. The fourth-order valence-corrected chi connectivity index (χ4v) is 2.27. The third kappa shape index (κ3) is 2.40. The second-order valence-corrected chi connectivity index (χ2v) is 4.30. The van der Waals surface area contributed by atoms with Gasteiger partial charge in [-0.2, -0.15) is 5.26 Å². The summed E-state index contributed by atoms with van der Waals surface area (Å²) in [5, 5.41) is 18.0. The number of nitrogens with zero attached hydrogens (tertiary/aromatic N) is 2. The summed E-state index contributed by atoms with van der Waals surface area (Å²) in [5.74, 6) is -0.220. The Bertz CT molecular complexity index is 434. The van der Waals surface area contributed by atoms with Crippen LogP contribution in [-0.4, -0.2) is 18.2 Å². The second-order valence-electron chi connectivity index (χ2n) is 4.30. The molecule has 1 fully saturated rings. The quantitative estimate of drug-likeness (QED) is 0.852. The van der Waals surface area contributed by atoms with E-state index in [1.54, 1.807) is 12.1 Å². The lowest BCUT2D eigenvalue weighted by Gasteiger charge is -2.32. The first-order valence-electron chi connectivity index (χ1n) is 5.79. The smallest absolute Gasteiger partial charge is 0.146 e. The zero-order chi connectivity index (χ0) is 12.3. The molecule has 4 heteroatoms. The summed E-state index contributed by atoms with van der Waals surface area (Å²) in [6.07, 6.45) is 1.52. The van der Waals surface area contributed by atoms with E-state index < -0.39 is 0 Å². The fourth-order valence-electron chi connectivity index (χ4n) is 2.27. The highest BCUT2D eigenvalue weighted by atomic mass is 19.1. The van der Waals surface area contributed by atoms with Crippen molar-refractivity contribution in [2.75, 3.05) is 18.0 Å². The van der Waals surface area contributed by atoms with Crippen LogP contribution in [0.25, 0.3) is 0 Å².